The van der Waals surface area contributed by atoms with Crippen LogP contribution in [0.15, 0.2) is 42.5 Å². The first-order valence-electron chi connectivity index (χ1n) is 11.1. The summed E-state index contributed by atoms with van der Waals surface area (Å²) in [6.45, 7) is 4.64. The van der Waals surface area contributed by atoms with E-state index in [0.717, 1.165) is 55.0 Å². The quantitative estimate of drug-likeness (QED) is 0.756. The van der Waals surface area contributed by atoms with E-state index < -0.39 is 0 Å². The number of nitrogens with zero attached hydrogens (tertiary/aromatic N) is 1. The highest BCUT2D eigenvalue weighted by atomic mass is 16.5. The van der Waals surface area contributed by atoms with Gasteiger partial charge in [0.05, 0.1) is 6.10 Å². The monoisotopic (exact) mass is 408 g/mol. The lowest BCUT2D eigenvalue weighted by Crippen LogP contribution is -2.25. The minimum absolute atomic E-state index is 0.0600. The van der Waals surface area contributed by atoms with Crippen LogP contribution < -0.4 is 10.1 Å². The molecule has 5 heteroatoms. The lowest BCUT2D eigenvalue weighted by Gasteiger charge is -2.27. The van der Waals surface area contributed by atoms with E-state index in [1.165, 1.54) is 31.7 Å². The van der Waals surface area contributed by atoms with Crippen molar-refractivity contribution in [3.05, 3.63) is 59.2 Å². The molecule has 1 fully saturated rings. The molecule has 2 N–H and O–H groups in total. The van der Waals surface area contributed by atoms with Crippen LogP contribution >= 0.6 is 0 Å². The Morgan fingerprint density at radius 3 is 2.67 bits per heavy atom. The first-order chi connectivity index (χ1) is 14.6. The van der Waals surface area contributed by atoms with Crippen molar-refractivity contribution in [3.8, 4) is 5.75 Å². The summed E-state index contributed by atoms with van der Waals surface area (Å²) in [5, 5.41) is 13.7. The average molecular weight is 409 g/mol. The van der Waals surface area contributed by atoms with Crippen LogP contribution in [0, 0.1) is 5.92 Å². The SMILES string of the molecule is CC(=O)Nc1ccc(CN2CCOc3ccc(C(O)C4CCCCC4)cc3C2)cc1. The van der Waals surface area contributed by atoms with Crippen molar-refractivity contribution in [3.63, 3.8) is 0 Å². The van der Waals surface area contributed by atoms with Crippen LogP contribution in [-0.4, -0.2) is 29.1 Å². The highest BCUT2D eigenvalue weighted by Crippen LogP contribution is 2.36. The first kappa shape index (κ1) is 20.9. The largest absolute Gasteiger partial charge is 0.492 e. The van der Waals surface area contributed by atoms with Crippen molar-refractivity contribution in [1.29, 1.82) is 0 Å². The molecule has 30 heavy (non-hydrogen) atoms. The zero-order valence-corrected chi connectivity index (χ0v) is 17.8. The molecule has 1 amide bonds. The van der Waals surface area contributed by atoms with Gasteiger partial charge in [0.15, 0.2) is 0 Å². The number of carbonyl (C=O) groups excluding carboxylic acids is 1. The second kappa shape index (κ2) is 9.63. The van der Waals surface area contributed by atoms with E-state index in [-0.39, 0.29) is 12.0 Å². The summed E-state index contributed by atoms with van der Waals surface area (Å²) >= 11 is 0. The predicted molar refractivity (Wildman–Crippen MR) is 118 cm³/mol. The Morgan fingerprint density at radius 1 is 1.17 bits per heavy atom. The molecular weight excluding hydrogens is 376 g/mol. The molecule has 2 aliphatic rings. The van der Waals surface area contributed by atoms with E-state index in [9.17, 15) is 9.90 Å². The second-order valence-corrected chi connectivity index (χ2v) is 8.65. The van der Waals surface area contributed by atoms with E-state index in [1.807, 2.05) is 24.3 Å². The number of carbonyl (C=O) groups is 1. The van der Waals surface area contributed by atoms with Crippen molar-refractivity contribution in [1.82, 2.24) is 4.90 Å². The van der Waals surface area contributed by atoms with E-state index in [1.54, 1.807) is 0 Å². The van der Waals surface area contributed by atoms with Crippen molar-refractivity contribution in [2.45, 2.75) is 58.2 Å². The molecule has 0 aromatic heterocycles. The number of ether oxygens (including phenoxy) is 1. The zero-order chi connectivity index (χ0) is 20.9. The van der Waals surface area contributed by atoms with Gasteiger partial charge < -0.3 is 15.2 Å². The van der Waals surface area contributed by atoms with E-state index in [0.29, 0.717) is 12.5 Å². The average Bonchev–Trinajstić information content (AvgIpc) is 2.96. The highest BCUT2D eigenvalue weighted by molar-refractivity contribution is 5.88. The molecule has 0 bridgehead atoms. The molecule has 2 aromatic rings. The molecule has 1 aliphatic carbocycles. The second-order valence-electron chi connectivity index (χ2n) is 8.65. The maximum atomic E-state index is 11.2. The minimum Gasteiger partial charge on any atom is -0.492 e. The van der Waals surface area contributed by atoms with Crippen molar-refractivity contribution >= 4 is 11.6 Å². The van der Waals surface area contributed by atoms with Gasteiger partial charge in [0.1, 0.15) is 12.4 Å². The molecular formula is C25H32N2O3. The van der Waals surface area contributed by atoms with Gasteiger partial charge in [-0.3, -0.25) is 9.69 Å². The van der Waals surface area contributed by atoms with Crippen molar-refractivity contribution in [2.75, 3.05) is 18.5 Å². The summed E-state index contributed by atoms with van der Waals surface area (Å²) in [5.41, 5.74) is 4.18. The molecule has 0 spiro atoms. The third kappa shape index (κ3) is 5.21. The standard InChI is InChI=1S/C25H32N2O3/c1-18(28)26-23-10-7-19(8-11-23)16-27-13-14-30-24-12-9-21(15-22(24)17-27)25(29)20-5-3-2-4-6-20/h7-12,15,20,25,29H,2-6,13-14,16-17H2,1H3,(H,26,28). The Kier molecular flexibility index (Phi) is 6.70. The van der Waals surface area contributed by atoms with Crippen molar-refractivity contribution in [2.24, 2.45) is 5.92 Å². The molecule has 1 heterocycles. The Hall–Kier alpha value is -2.37. The fourth-order valence-electron chi connectivity index (χ4n) is 4.66. The van der Waals surface area contributed by atoms with Gasteiger partial charge in [0.2, 0.25) is 5.91 Å². The van der Waals surface area contributed by atoms with Gasteiger partial charge in [-0.1, -0.05) is 37.5 Å². The predicted octanol–water partition coefficient (Wildman–Crippen LogP) is 4.65. The van der Waals surface area contributed by atoms with Crippen LogP contribution in [-0.2, 0) is 17.9 Å². The molecule has 2 aromatic carbocycles. The van der Waals surface area contributed by atoms with Crippen LogP contribution in [0.4, 0.5) is 5.69 Å². The number of fused-ring (bicyclic) bond motifs is 1. The number of hydrogen-bond acceptors (Lipinski definition) is 4. The maximum absolute atomic E-state index is 11.2. The van der Waals surface area contributed by atoms with Gasteiger partial charge in [-0.15, -0.1) is 0 Å². The lowest BCUT2D eigenvalue weighted by molar-refractivity contribution is -0.114. The summed E-state index contributed by atoms with van der Waals surface area (Å²) in [6, 6.07) is 14.2. The minimum atomic E-state index is -0.381. The number of benzene rings is 2. The Labute approximate surface area is 179 Å². The number of rotatable bonds is 5. The summed E-state index contributed by atoms with van der Waals surface area (Å²) in [7, 11) is 0. The maximum Gasteiger partial charge on any atom is 0.221 e. The Balaban J connectivity index is 1.44. The van der Waals surface area contributed by atoms with E-state index in [2.05, 4.69) is 28.4 Å². The zero-order valence-electron chi connectivity index (χ0n) is 17.8. The summed E-state index contributed by atoms with van der Waals surface area (Å²) in [4.78, 5) is 13.6. The fourth-order valence-corrected chi connectivity index (χ4v) is 4.66. The molecule has 1 atom stereocenters. The van der Waals surface area contributed by atoms with E-state index >= 15 is 0 Å². The van der Waals surface area contributed by atoms with Crippen LogP contribution in [0.2, 0.25) is 0 Å². The number of nitrogens with one attached hydrogen (secondary N) is 1. The molecule has 1 unspecified atom stereocenters. The van der Waals surface area contributed by atoms with Crippen LogP contribution in [0.1, 0.15) is 61.8 Å². The van der Waals surface area contributed by atoms with Crippen LogP contribution in [0.3, 0.4) is 0 Å². The number of amides is 1. The number of aliphatic hydroxyl groups is 1. The topological polar surface area (TPSA) is 61.8 Å². The Morgan fingerprint density at radius 2 is 1.93 bits per heavy atom. The first-order valence-corrected chi connectivity index (χ1v) is 11.1. The number of anilines is 1. The van der Waals surface area contributed by atoms with Gasteiger partial charge in [-0.2, -0.15) is 0 Å². The summed E-state index contributed by atoms with van der Waals surface area (Å²) < 4.78 is 5.99. The smallest absolute Gasteiger partial charge is 0.221 e. The normalized spacial score (nSPS) is 18.7. The fraction of sp³-hybridized carbons (Fsp3) is 0.480. The lowest BCUT2D eigenvalue weighted by atomic mass is 9.82. The molecule has 1 saturated carbocycles. The molecule has 1 aliphatic heterocycles. The summed E-state index contributed by atoms with van der Waals surface area (Å²) in [6.07, 6.45) is 5.61. The molecule has 160 valence electrons. The molecule has 5 nitrogen and oxygen atoms in total. The van der Waals surface area contributed by atoms with E-state index in [4.69, 9.17) is 4.74 Å². The third-order valence-corrected chi connectivity index (χ3v) is 6.26. The third-order valence-electron chi connectivity index (χ3n) is 6.26. The number of hydrogen-bond donors (Lipinski definition) is 2. The van der Waals surface area contributed by atoms with Gasteiger partial charge in [0, 0.05) is 37.8 Å². The molecule has 4 rings (SSSR count). The van der Waals surface area contributed by atoms with Crippen LogP contribution in [0.5, 0.6) is 5.75 Å². The molecule has 0 saturated heterocycles. The van der Waals surface area contributed by atoms with Gasteiger partial charge in [0.25, 0.3) is 0 Å². The van der Waals surface area contributed by atoms with Gasteiger partial charge in [-0.25, -0.2) is 0 Å². The highest BCUT2D eigenvalue weighted by Gasteiger charge is 2.24. The van der Waals surface area contributed by atoms with Gasteiger partial charge in [-0.05, 0) is 54.2 Å². The summed E-state index contributed by atoms with van der Waals surface area (Å²) in [5.74, 6) is 1.25. The Bertz CT molecular complexity index is 859. The number of aliphatic hydroxyl groups excluding tert-OH is 1. The van der Waals surface area contributed by atoms with Crippen molar-refractivity contribution < 1.29 is 14.6 Å². The van der Waals surface area contributed by atoms with Crippen LogP contribution in [0.25, 0.3) is 0 Å². The van der Waals surface area contributed by atoms with Gasteiger partial charge >= 0.3 is 0 Å². The molecule has 0 radical (unpaired) electrons.